The monoisotopic (exact) mass is 234 g/mol. The molecule has 1 aliphatic heterocycles. The largest absolute Gasteiger partial charge is 0.478 e. The number of nitrogens with zero attached hydrogens (tertiary/aromatic N) is 1. The molecule has 0 saturated carbocycles. The average Bonchev–Trinajstić information content (AvgIpc) is 2.71. The maximum atomic E-state index is 11.7. The Morgan fingerprint density at radius 3 is 2.94 bits per heavy atom. The summed E-state index contributed by atoms with van der Waals surface area (Å²) in [7, 11) is 0. The maximum absolute atomic E-state index is 11.7. The van der Waals surface area contributed by atoms with E-state index in [1.165, 1.54) is 17.1 Å². The molecule has 0 aliphatic carbocycles. The van der Waals surface area contributed by atoms with Crippen molar-refractivity contribution in [3.8, 4) is 0 Å². The Morgan fingerprint density at radius 2 is 2.35 bits per heavy atom. The molecule has 2 N–H and O–H groups in total. The number of nitrogens with one attached hydrogen (secondary N) is 1. The minimum absolute atomic E-state index is 0.0283. The van der Waals surface area contributed by atoms with Crippen molar-refractivity contribution in [2.45, 2.75) is 25.8 Å². The molecule has 1 amide bonds. The van der Waals surface area contributed by atoms with Crippen LogP contribution < -0.4 is 10.4 Å². The normalized spacial score (nSPS) is 19.7. The van der Waals surface area contributed by atoms with E-state index in [0.717, 1.165) is 6.42 Å². The van der Waals surface area contributed by atoms with Crippen molar-refractivity contribution in [1.82, 2.24) is 5.43 Å². The Hall–Kier alpha value is -1.88. The molecule has 1 aliphatic rings. The van der Waals surface area contributed by atoms with E-state index in [9.17, 15) is 9.59 Å². The first-order chi connectivity index (χ1) is 8.11. The number of carboxylic acids is 1. The first kappa shape index (κ1) is 11.6. The fraction of sp³-hybridized carbons (Fsp3) is 0.333. The molecule has 0 aromatic heterocycles. The van der Waals surface area contributed by atoms with Crippen LogP contribution in [0.3, 0.4) is 0 Å². The second-order valence-electron chi connectivity index (χ2n) is 4.02. The average molecular weight is 234 g/mol. The summed E-state index contributed by atoms with van der Waals surface area (Å²) in [5.74, 6) is -1.02. The van der Waals surface area contributed by atoms with Gasteiger partial charge in [0.25, 0.3) is 0 Å². The van der Waals surface area contributed by atoms with Gasteiger partial charge in [-0.05, 0) is 24.6 Å². The molecule has 0 spiro atoms. The van der Waals surface area contributed by atoms with Gasteiger partial charge in [0.2, 0.25) is 5.91 Å². The fourth-order valence-corrected chi connectivity index (χ4v) is 1.83. The first-order valence-electron chi connectivity index (χ1n) is 5.54. The molecule has 2 rings (SSSR count). The van der Waals surface area contributed by atoms with Gasteiger partial charge in [0, 0.05) is 12.5 Å². The molecule has 1 saturated heterocycles. The van der Waals surface area contributed by atoms with Gasteiger partial charge >= 0.3 is 5.97 Å². The van der Waals surface area contributed by atoms with Gasteiger partial charge in [-0.2, -0.15) is 0 Å². The number of carbonyl (C=O) groups is 2. The van der Waals surface area contributed by atoms with Crippen LogP contribution in [0, 0.1) is 0 Å². The molecule has 1 fully saturated rings. The van der Waals surface area contributed by atoms with Crippen molar-refractivity contribution in [3.05, 3.63) is 29.8 Å². The van der Waals surface area contributed by atoms with Crippen molar-refractivity contribution < 1.29 is 14.7 Å². The van der Waals surface area contributed by atoms with Gasteiger partial charge in [0.1, 0.15) is 0 Å². The third-order valence-electron chi connectivity index (χ3n) is 2.83. The first-order valence-corrected chi connectivity index (χ1v) is 5.54. The van der Waals surface area contributed by atoms with E-state index < -0.39 is 5.97 Å². The summed E-state index contributed by atoms with van der Waals surface area (Å²) in [6.07, 6.45) is 1.31. The zero-order chi connectivity index (χ0) is 12.4. The molecule has 1 unspecified atom stereocenters. The summed E-state index contributed by atoms with van der Waals surface area (Å²) in [6.45, 7) is 2.00. The van der Waals surface area contributed by atoms with Gasteiger partial charge in [-0.1, -0.05) is 13.0 Å². The van der Waals surface area contributed by atoms with Crippen LogP contribution in [-0.2, 0) is 4.79 Å². The van der Waals surface area contributed by atoms with E-state index in [1.54, 1.807) is 12.1 Å². The van der Waals surface area contributed by atoms with E-state index in [1.807, 2.05) is 6.92 Å². The third kappa shape index (κ3) is 2.29. The molecule has 1 aromatic carbocycles. The number of anilines is 1. The lowest BCUT2D eigenvalue weighted by Gasteiger charge is -2.17. The van der Waals surface area contributed by atoms with Crippen LogP contribution in [-0.4, -0.2) is 23.0 Å². The molecule has 5 heteroatoms. The molecule has 1 heterocycles. The second kappa shape index (κ2) is 4.55. The molecule has 5 nitrogen and oxygen atoms in total. The minimum atomic E-state index is -0.995. The van der Waals surface area contributed by atoms with Gasteiger partial charge in [0.15, 0.2) is 0 Å². The van der Waals surface area contributed by atoms with Gasteiger partial charge in [-0.3, -0.25) is 4.79 Å². The molecular formula is C12H14N2O3. The zero-order valence-electron chi connectivity index (χ0n) is 9.51. The highest BCUT2D eigenvalue weighted by atomic mass is 16.4. The molecule has 90 valence electrons. The van der Waals surface area contributed by atoms with Crippen LogP contribution in [0.2, 0.25) is 0 Å². The van der Waals surface area contributed by atoms with Crippen molar-refractivity contribution in [3.63, 3.8) is 0 Å². The smallest absolute Gasteiger partial charge is 0.335 e. The number of amides is 1. The molecule has 0 radical (unpaired) electrons. The summed E-state index contributed by atoms with van der Waals surface area (Å²) in [6, 6.07) is 6.48. The predicted molar refractivity (Wildman–Crippen MR) is 62.7 cm³/mol. The lowest BCUT2D eigenvalue weighted by atomic mass is 10.2. The van der Waals surface area contributed by atoms with Crippen LogP contribution in [0.5, 0.6) is 0 Å². The highest BCUT2D eigenvalue weighted by molar-refractivity contribution is 5.96. The number of aromatic carboxylic acids is 1. The number of carbonyl (C=O) groups excluding carboxylic acids is 1. The number of benzene rings is 1. The number of hydrazine groups is 1. The van der Waals surface area contributed by atoms with E-state index in [2.05, 4.69) is 5.43 Å². The van der Waals surface area contributed by atoms with Gasteiger partial charge in [-0.25, -0.2) is 15.2 Å². The number of rotatable bonds is 3. The van der Waals surface area contributed by atoms with Crippen LogP contribution in [0.25, 0.3) is 0 Å². The summed E-state index contributed by atoms with van der Waals surface area (Å²) in [5.41, 5.74) is 3.82. The Bertz CT molecular complexity index is 459. The summed E-state index contributed by atoms with van der Waals surface area (Å²) >= 11 is 0. The highest BCUT2D eigenvalue weighted by Gasteiger charge is 2.29. The Morgan fingerprint density at radius 1 is 1.59 bits per heavy atom. The minimum Gasteiger partial charge on any atom is -0.478 e. The van der Waals surface area contributed by atoms with Crippen LogP contribution in [0.1, 0.15) is 30.1 Å². The third-order valence-corrected chi connectivity index (χ3v) is 2.83. The van der Waals surface area contributed by atoms with E-state index in [4.69, 9.17) is 5.11 Å². The predicted octanol–water partition coefficient (Wildman–Crippen LogP) is 1.40. The summed E-state index contributed by atoms with van der Waals surface area (Å²) in [4.78, 5) is 22.6. The van der Waals surface area contributed by atoms with Crippen molar-refractivity contribution >= 4 is 17.6 Å². The van der Waals surface area contributed by atoms with E-state index >= 15 is 0 Å². The van der Waals surface area contributed by atoms with Crippen LogP contribution >= 0.6 is 0 Å². The lowest BCUT2D eigenvalue weighted by molar-refractivity contribution is -0.117. The Labute approximate surface area is 99.0 Å². The summed E-state index contributed by atoms with van der Waals surface area (Å²) < 4.78 is 0. The topological polar surface area (TPSA) is 69.6 Å². The number of hydrogen-bond donors (Lipinski definition) is 2. The van der Waals surface area contributed by atoms with E-state index in [-0.39, 0.29) is 17.5 Å². The number of hydrogen-bond acceptors (Lipinski definition) is 3. The molecule has 1 atom stereocenters. The molecule has 1 aromatic rings. The highest BCUT2D eigenvalue weighted by Crippen LogP contribution is 2.21. The van der Waals surface area contributed by atoms with E-state index in [0.29, 0.717) is 12.1 Å². The fourth-order valence-electron chi connectivity index (χ4n) is 1.83. The SMILES string of the molecule is CCC1CC(=O)N(c2cccc(C(=O)O)c2)N1. The Balaban J connectivity index is 2.25. The van der Waals surface area contributed by atoms with Gasteiger partial charge < -0.3 is 5.11 Å². The van der Waals surface area contributed by atoms with Gasteiger partial charge in [-0.15, -0.1) is 0 Å². The van der Waals surface area contributed by atoms with Gasteiger partial charge in [0.05, 0.1) is 11.3 Å². The maximum Gasteiger partial charge on any atom is 0.335 e. The quantitative estimate of drug-likeness (QED) is 0.829. The Kier molecular flexibility index (Phi) is 3.10. The van der Waals surface area contributed by atoms with Crippen LogP contribution in [0.4, 0.5) is 5.69 Å². The van der Waals surface area contributed by atoms with Crippen molar-refractivity contribution in [2.75, 3.05) is 5.01 Å². The standard InChI is InChI=1S/C12H14N2O3/c1-2-9-7-11(15)14(13-9)10-5-3-4-8(6-10)12(16)17/h3-6,9,13H,2,7H2,1H3,(H,16,17). The van der Waals surface area contributed by atoms with Crippen molar-refractivity contribution in [1.29, 1.82) is 0 Å². The van der Waals surface area contributed by atoms with Crippen LogP contribution in [0.15, 0.2) is 24.3 Å². The molecule has 0 bridgehead atoms. The summed E-state index contributed by atoms with van der Waals surface area (Å²) in [5, 5.41) is 10.3. The zero-order valence-corrected chi connectivity index (χ0v) is 9.51. The molecular weight excluding hydrogens is 220 g/mol. The van der Waals surface area contributed by atoms with Crippen molar-refractivity contribution in [2.24, 2.45) is 0 Å². The number of carboxylic acid groups (broad SMARTS) is 1. The molecule has 17 heavy (non-hydrogen) atoms. The lowest BCUT2D eigenvalue weighted by Crippen LogP contribution is -2.37. The second-order valence-corrected chi connectivity index (χ2v) is 4.02.